The van der Waals surface area contributed by atoms with Crippen molar-refractivity contribution in [1.29, 1.82) is 0 Å². The Morgan fingerprint density at radius 3 is 2.32 bits per heavy atom. The van der Waals surface area contributed by atoms with E-state index in [2.05, 4.69) is 23.7 Å². The van der Waals surface area contributed by atoms with Gasteiger partial charge in [0.2, 0.25) is 11.8 Å². The largest absolute Gasteiger partial charge is 0.352 e. The molecule has 1 aliphatic rings. The Hall–Kier alpha value is -1.36. The SMILES string of the molecule is C=CCNC(=O)C(C)(C)C(=O)N1CCN(CC)CC1. The molecule has 1 heterocycles. The van der Waals surface area contributed by atoms with E-state index in [1.165, 1.54) is 0 Å². The highest BCUT2D eigenvalue weighted by Gasteiger charge is 2.39. The van der Waals surface area contributed by atoms with Crippen molar-refractivity contribution in [2.45, 2.75) is 20.8 Å². The standard InChI is InChI=1S/C14H25N3O2/c1-5-7-15-12(18)14(3,4)13(19)17-10-8-16(6-2)9-11-17/h5H,1,6-11H2,2-4H3,(H,15,18). The number of piperazine rings is 1. The van der Waals surface area contributed by atoms with Gasteiger partial charge in [0, 0.05) is 32.7 Å². The number of nitrogens with zero attached hydrogens (tertiary/aromatic N) is 2. The van der Waals surface area contributed by atoms with Gasteiger partial charge in [-0.2, -0.15) is 0 Å². The summed E-state index contributed by atoms with van der Waals surface area (Å²) in [6.07, 6.45) is 1.61. The molecular formula is C14H25N3O2. The summed E-state index contributed by atoms with van der Waals surface area (Å²) in [4.78, 5) is 28.5. The Kier molecular flexibility index (Phi) is 5.54. The molecule has 1 N–H and O–H groups in total. The van der Waals surface area contributed by atoms with E-state index < -0.39 is 5.41 Å². The molecule has 0 unspecified atom stereocenters. The monoisotopic (exact) mass is 267 g/mol. The molecule has 19 heavy (non-hydrogen) atoms. The normalized spacial score (nSPS) is 17.1. The number of hydrogen-bond donors (Lipinski definition) is 1. The van der Waals surface area contributed by atoms with Crippen LogP contribution in [0.15, 0.2) is 12.7 Å². The van der Waals surface area contributed by atoms with Gasteiger partial charge in [0.1, 0.15) is 5.41 Å². The summed E-state index contributed by atoms with van der Waals surface area (Å²) in [5, 5.41) is 2.70. The van der Waals surface area contributed by atoms with Crippen molar-refractivity contribution < 1.29 is 9.59 Å². The summed E-state index contributed by atoms with van der Waals surface area (Å²) in [6.45, 7) is 13.6. The smallest absolute Gasteiger partial charge is 0.237 e. The van der Waals surface area contributed by atoms with Crippen LogP contribution in [0.3, 0.4) is 0 Å². The van der Waals surface area contributed by atoms with Gasteiger partial charge in [-0.3, -0.25) is 9.59 Å². The minimum Gasteiger partial charge on any atom is -0.352 e. The van der Waals surface area contributed by atoms with Crippen LogP contribution in [-0.4, -0.2) is 60.9 Å². The van der Waals surface area contributed by atoms with E-state index in [0.29, 0.717) is 19.6 Å². The number of carbonyl (C=O) groups is 2. The molecule has 2 amide bonds. The molecule has 1 saturated heterocycles. The first kappa shape index (κ1) is 15.7. The van der Waals surface area contributed by atoms with Crippen molar-refractivity contribution in [1.82, 2.24) is 15.1 Å². The molecule has 0 radical (unpaired) electrons. The molecule has 0 atom stereocenters. The predicted octanol–water partition coefficient (Wildman–Crippen LogP) is 0.479. The fourth-order valence-corrected chi connectivity index (χ4v) is 2.15. The zero-order valence-corrected chi connectivity index (χ0v) is 12.2. The first-order valence-corrected chi connectivity index (χ1v) is 6.84. The second kappa shape index (κ2) is 6.70. The molecule has 0 spiro atoms. The Balaban J connectivity index is 2.60. The minimum atomic E-state index is -1.02. The van der Waals surface area contributed by atoms with E-state index in [-0.39, 0.29) is 11.8 Å². The van der Waals surface area contributed by atoms with Crippen molar-refractivity contribution in [3.8, 4) is 0 Å². The van der Waals surface area contributed by atoms with Gasteiger partial charge in [0.25, 0.3) is 0 Å². The molecule has 108 valence electrons. The maximum Gasteiger partial charge on any atom is 0.237 e. The molecule has 0 bridgehead atoms. The molecule has 5 heteroatoms. The van der Waals surface area contributed by atoms with E-state index in [1.807, 2.05) is 0 Å². The molecule has 0 aromatic carbocycles. The fourth-order valence-electron chi connectivity index (χ4n) is 2.15. The summed E-state index contributed by atoms with van der Waals surface area (Å²) < 4.78 is 0. The third-order valence-electron chi connectivity index (χ3n) is 3.62. The van der Waals surface area contributed by atoms with Crippen molar-refractivity contribution in [2.75, 3.05) is 39.3 Å². The van der Waals surface area contributed by atoms with Crippen LogP contribution in [0.2, 0.25) is 0 Å². The lowest BCUT2D eigenvalue weighted by atomic mass is 9.90. The van der Waals surface area contributed by atoms with E-state index in [0.717, 1.165) is 19.6 Å². The zero-order valence-electron chi connectivity index (χ0n) is 12.2. The van der Waals surface area contributed by atoms with Crippen molar-refractivity contribution >= 4 is 11.8 Å². The van der Waals surface area contributed by atoms with E-state index in [1.54, 1.807) is 24.8 Å². The van der Waals surface area contributed by atoms with Crippen LogP contribution < -0.4 is 5.32 Å². The van der Waals surface area contributed by atoms with Gasteiger partial charge in [-0.05, 0) is 20.4 Å². The maximum atomic E-state index is 12.4. The summed E-state index contributed by atoms with van der Waals surface area (Å²) in [5.41, 5.74) is -1.02. The summed E-state index contributed by atoms with van der Waals surface area (Å²) in [6, 6.07) is 0. The lowest BCUT2D eigenvalue weighted by Crippen LogP contribution is -2.55. The van der Waals surface area contributed by atoms with Crippen molar-refractivity contribution in [3.05, 3.63) is 12.7 Å². The van der Waals surface area contributed by atoms with E-state index in [4.69, 9.17) is 0 Å². The number of rotatable bonds is 5. The van der Waals surface area contributed by atoms with E-state index >= 15 is 0 Å². The molecule has 0 aliphatic carbocycles. The minimum absolute atomic E-state index is 0.0928. The Morgan fingerprint density at radius 2 is 1.84 bits per heavy atom. The lowest BCUT2D eigenvalue weighted by molar-refractivity contribution is -0.149. The summed E-state index contributed by atoms with van der Waals surface area (Å²) in [7, 11) is 0. The first-order valence-electron chi connectivity index (χ1n) is 6.84. The van der Waals surface area contributed by atoms with Gasteiger partial charge in [-0.1, -0.05) is 13.0 Å². The van der Waals surface area contributed by atoms with Crippen LogP contribution in [0.4, 0.5) is 0 Å². The van der Waals surface area contributed by atoms with Gasteiger partial charge >= 0.3 is 0 Å². The number of amides is 2. The van der Waals surface area contributed by atoms with Crippen LogP contribution in [0.5, 0.6) is 0 Å². The quantitative estimate of drug-likeness (QED) is 0.582. The maximum absolute atomic E-state index is 12.4. The number of nitrogens with one attached hydrogen (secondary N) is 1. The number of carbonyl (C=O) groups excluding carboxylic acids is 2. The third-order valence-corrected chi connectivity index (χ3v) is 3.62. The van der Waals surface area contributed by atoms with Gasteiger partial charge in [-0.15, -0.1) is 6.58 Å². The highest BCUT2D eigenvalue weighted by molar-refractivity contribution is 6.04. The molecule has 5 nitrogen and oxygen atoms in total. The highest BCUT2D eigenvalue weighted by Crippen LogP contribution is 2.20. The highest BCUT2D eigenvalue weighted by atomic mass is 16.2. The second-order valence-electron chi connectivity index (χ2n) is 5.35. The van der Waals surface area contributed by atoms with Crippen LogP contribution in [0.25, 0.3) is 0 Å². The first-order chi connectivity index (χ1) is 8.93. The molecule has 1 aliphatic heterocycles. The van der Waals surface area contributed by atoms with Crippen LogP contribution in [0, 0.1) is 5.41 Å². The van der Waals surface area contributed by atoms with Crippen LogP contribution in [-0.2, 0) is 9.59 Å². The lowest BCUT2D eigenvalue weighted by Gasteiger charge is -2.37. The molecular weight excluding hydrogens is 242 g/mol. The Morgan fingerprint density at radius 1 is 1.26 bits per heavy atom. The fraction of sp³-hybridized carbons (Fsp3) is 0.714. The Bertz CT molecular complexity index is 345. The molecule has 0 saturated carbocycles. The molecule has 0 aromatic rings. The van der Waals surface area contributed by atoms with E-state index in [9.17, 15) is 9.59 Å². The van der Waals surface area contributed by atoms with Gasteiger partial charge in [-0.25, -0.2) is 0 Å². The van der Waals surface area contributed by atoms with Gasteiger partial charge < -0.3 is 15.1 Å². The topological polar surface area (TPSA) is 52.7 Å². The third kappa shape index (κ3) is 3.80. The number of hydrogen-bond acceptors (Lipinski definition) is 3. The Labute approximate surface area is 115 Å². The van der Waals surface area contributed by atoms with Gasteiger partial charge in [0.05, 0.1) is 0 Å². The second-order valence-corrected chi connectivity index (χ2v) is 5.35. The average molecular weight is 267 g/mol. The average Bonchev–Trinajstić information content (AvgIpc) is 2.43. The summed E-state index contributed by atoms with van der Waals surface area (Å²) >= 11 is 0. The predicted molar refractivity (Wildman–Crippen MR) is 75.7 cm³/mol. The summed E-state index contributed by atoms with van der Waals surface area (Å²) in [5.74, 6) is -0.333. The van der Waals surface area contributed by atoms with Crippen molar-refractivity contribution in [2.24, 2.45) is 5.41 Å². The van der Waals surface area contributed by atoms with Crippen LogP contribution >= 0.6 is 0 Å². The molecule has 1 fully saturated rings. The molecule has 0 aromatic heterocycles. The van der Waals surface area contributed by atoms with Gasteiger partial charge in [0.15, 0.2) is 0 Å². The van der Waals surface area contributed by atoms with Crippen molar-refractivity contribution in [3.63, 3.8) is 0 Å². The zero-order chi connectivity index (χ0) is 14.5. The molecule has 1 rings (SSSR count). The van der Waals surface area contributed by atoms with Crippen LogP contribution in [0.1, 0.15) is 20.8 Å². The number of likely N-dealkylation sites (N-methyl/N-ethyl adjacent to an activating group) is 1.